The Hall–Kier alpha value is -0.437. The van der Waals surface area contributed by atoms with Crippen molar-refractivity contribution in [2.45, 2.75) is 0 Å². The van der Waals surface area contributed by atoms with Gasteiger partial charge in [0, 0.05) is 17.6 Å². The second-order valence-corrected chi connectivity index (χ2v) is 1.34. The van der Waals surface area contributed by atoms with E-state index >= 15 is 0 Å². The van der Waals surface area contributed by atoms with Crippen LogP contribution in [0.2, 0.25) is 0 Å². The van der Waals surface area contributed by atoms with Gasteiger partial charge in [0.25, 0.3) is 0 Å². The van der Waals surface area contributed by atoms with Gasteiger partial charge in [-0.25, -0.2) is 0 Å². The predicted octanol–water partition coefficient (Wildman–Crippen LogP) is 1.01. The molecule has 1 aromatic rings. The molecule has 0 bridgehead atoms. The number of phenols is 1. The average molecular weight is 167 g/mol. The van der Waals surface area contributed by atoms with Crippen molar-refractivity contribution in [3.63, 3.8) is 0 Å². The summed E-state index contributed by atoms with van der Waals surface area (Å²) in [6, 6.07) is 8.71. The van der Waals surface area contributed by atoms with Crippen LogP contribution in [-0.4, -0.2) is 22.7 Å². The van der Waals surface area contributed by atoms with E-state index in [9.17, 15) is 0 Å². The molecule has 0 atom stereocenters. The maximum atomic E-state index is 8.63. The van der Waals surface area contributed by atoms with Gasteiger partial charge in [-0.1, -0.05) is 18.2 Å². The van der Waals surface area contributed by atoms with Gasteiger partial charge in [-0.3, -0.25) is 0 Å². The fourth-order valence-corrected chi connectivity index (χ4v) is 0.428. The van der Waals surface area contributed by atoms with Crippen molar-refractivity contribution in [2.24, 2.45) is 0 Å². The molecular formula is C6H6GeO. The Morgan fingerprint density at radius 1 is 1.00 bits per heavy atom. The zero-order chi connectivity index (χ0) is 5.11. The summed E-state index contributed by atoms with van der Waals surface area (Å²) in [5.74, 6) is 0.322. The van der Waals surface area contributed by atoms with E-state index in [1.54, 1.807) is 24.3 Å². The molecule has 0 saturated heterocycles. The Bertz CT molecular complexity index is 138. The minimum Gasteiger partial charge on any atom is -0.508 e. The molecule has 0 aliphatic rings. The maximum Gasteiger partial charge on any atom is 0.115 e. The van der Waals surface area contributed by atoms with E-state index in [1.807, 2.05) is 6.07 Å². The molecule has 0 aliphatic carbocycles. The standard InChI is InChI=1S/C6H6O.Ge/c7-6-4-2-1-3-5-6;/h1-5,7H;. The molecule has 1 nitrogen and oxygen atoms in total. The molecule has 1 N–H and O–H groups in total. The van der Waals surface area contributed by atoms with Crippen LogP contribution in [0, 0.1) is 0 Å². The third-order valence-corrected chi connectivity index (χ3v) is 0.756. The first kappa shape index (κ1) is 7.56. The Balaban J connectivity index is 0.000000490. The molecule has 8 heavy (non-hydrogen) atoms. The van der Waals surface area contributed by atoms with E-state index in [-0.39, 0.29) is 17.6 Å². The summed E-state index contributed by atoms with van der Waals surface area (Å²) >= 11 is 0. The molecule has 0 spiro atoms. The average Bonchev–Trinajstić information content (AvgIpc) is 1.69. The summed E-state index contributed by atoms with van der Waals surface area (Å²) in [6.45, 7) is 0. The van der Waals surface area contributed by atoms with E-state index in [1.165, 1.54) is 0 Å². The number of hydrogen-bond donors (Lipinski definition) is 1. The Kier molecular flexibility index (Phi) is 3.36. The number of rotatable bonds is 0. The number of hydrogen-bond acceptors (Lipinski definition) is 1. The number of para-hydroxylation sites is 1. The normalized spacial score (nSPS) is 7.50. The summed E-state index contributed by atoms with van der Waals surface area (Å²) in [5, 5.41) is 8.63. The first-order chi connectivity index (χ1) is 3.39. The molecule has 0 aromatic heterocycles. The van der Waals surface area contributed by atoms with Crippen LogP contribution in [-0.2, 0) is 0 Å². The minimum absolute atomic E-state index is 0. The van der Waals surface area contributed by atoms with E-state index in [2.05, 4.69) is 0 Å². The van der Waals surface area contributed by atoms with Gasteiger partial charge in [0.2, 0.25) is 0 Å². The quantitative estimate of drug-likeness (QED) is 0.571. The van der Waals surface area contributed by atoms with E-state index in [0.717, 1.165) is 0 Å². The molecule has 0 saturated carbocycles. The van der Waals surface area contributed by atoms with Gasteiger partial charge >= 0.3 is 0 Å². The molecule has 40 valence electrons. The van der Waals surface area contributed by atoms with E-state index < -0.39 is 0 Å². The van der Waals surface area contributed by atoms with Crippen molar-refractivity contribution in [2.75, 3.05) is 0 Å². The van der Waals surface area contributed by atoms with Crippen LogP contribution in [0.25, 0.3) is 0 Å². The van der Waals surface area contributed by atoms with Crippen molar-refractivity contribution < 1.29 is 5.11 Å². The summed E-state index contributed by atoms with van der Waals surface area (Å²) in [4.78, 5) is 0. The topological polar surface area (TPSA) is 20.2 Å². The Morgan fingerprint density at radius 2 is 1.50 bits per heavy atom. The minimum atomic E-state index is 0. The second-order valence-electron chi connectivity index (χ2n) is 1.34. The fourth-order valence-electron chi connectivity index (χ4n) is 0.428. The molecule has 0 fully saturated rings. The van der Waals surface area contributed by atoms with Crippen LogP contribution in [0.4, 0.5) is 0 Å². The largest absolute Gasteiger partial charge is 0.508 e. The molecule has 4 radical (unpaired) electrons. The van der Waals surface area contributed by atoms with Gasteiger partial charge in [0.05, 0.1) is 0 Å². The number of aromatic hydroxyl groups is 1. The molecule has 2 heteroatoms. The predicted molar refractivity (Wildman–Crippen MR) is 33.9 cm³/mol. The van der Waals surface area contributed by atoms with Crippen LogP contribution in [0.3, 0.4) is 0 Å². The van der Waals surface area contributed by atoms with E-state index in [4.69, 9.17) is 5.11 Å². The fraction of sp³-hybridized carbons (Fsp3) is 0. The van der Waals surface area contributed by atoms with Gasteiger partial charge in [-0.15, -0.1) is 0 Å². The molecule has 1 aromatic carbocycles. The maximum absolute atomic E-state index is 8.63. The zero-order valence-corrected chi connectivity index (χ0v) is 6.43. The van der Waals surface area contributed by atoms with Crippen molar-refractivity contribution in [1.82, 2.24) is 0 Å². The van der Waals surface area contributed by atoms with Crippen molar-refractivity contribution in [1.29, 1.82) is 0 Å². The smallest absolute Gasteiger partial charge is 0.115 e. The van der Waals surface area contributed by atoms with Crippen LogP contribution in [0.15, 0.2) is 30.3 Å². The van der Waals surface area contributed by atoms with Crippen LogP contribution < -0.4 is 0 Å². The molecule has 0 unspecified atom stereocenters. The number of phenolic OH excluding ortho intramolecular Hbond substituents is 1. The first-order valence-electron chi connectivity index (χ1n) is 2.13. The molecule has 0 amide bonds. The second kappa shape index (κ2) is 3.55. The van der Waals surface area contributed by atoms with Crippen LogP contribution >= 0.6 is 0 Å². The first-order valence-corrected chi connectivity index (χ1v) is 2.13. The van der Waals surface area contributed by atoms with Gasteiger partial charge in [-0.2, -0.15) is 0 Å². The Morgan fingerprint density at radius 3 is 1.75 bits per heavy atom. The van der Waals surface area contributed by atoms with Crippen molar-refractivity contribution in [3.8, 4) is 5.75 Å². The van der Waals surface area contributed by atoms with E-state index in [0.29, 0.717) is 5.75 Å². The Labute approximate surface area is 59.3 Å². The molecular weight excluding hydrogens is 161 g/mol. The summed E-state index contributed by atoms with van der Waals surface area (Å²) in [6.07, 6.45) is 0. The number of benzene rings is 1. The van der Waals surface area contributed by atoms with Gasteiger partial charge in [0.1, 0.15) is 5.75 Å². The molecule has 1 rings (SSSR count). The van der Waals surface area contributed by atoms with Crippen molar-refractivity contribution >= 4 is 17.6 Å². The third-order valence-electron chi connectivity index (χ3n) is 0.756. The van der Waals surface area contributed by atoms with Gasteiger partial charge in [0.15, 0.2) is 0 Å². The summed E-state index contributed by atoms with van der Waals surface area (Å²) in [5.41, 5.74) is 0. The SMILES string of the molecule is Oc1ccccc1.[Ge]. The van der Waals surface area contributed by atoms with Gasteiger partial charge < -0.3 is 5.11 Å². The summed E-state index contributed by atoms with van der Waals surface area (Å²) < 4.78 is 0. The van der Waals surface area contributed by atoms with Crippen molar-refractivity contribution in [3.05, 3.63) is 30.3 Å². The third kappa shape index (κ3) is 2.02. The zero-order valence-electron chi connectivity index (χ0n) is 4.33. The van der Waals surface area contributed by atoms with Gasteiger partial charge in [-0.05, 0) is 12.1 Å². The van der Waals surface area contributed by atoms with Crippen LogP contribution in [0.5, 0.6) is 5.75 Å². The monoisotopic (exact) mass is 168 g/mol. The summed E-state index contributed by atoms with van der Waals surface area (Å²) in [7, 11) is 0. The van der Waals surface area contributed by atoms with Crippen LogP contribution in [0.1, 0.15) is 0 Å². The molecule has 0 heterocycles. The molecule has 0 aliphatic heterocycles.